The molecule has 164 valence electrons. The third-order valence-corrected chi connectivity index (χ3v) is 5.56. The molecule has 0 aromatic carbocycles. The van der Waals surface area contributed by atoms with Crippen LogP contribution in [0.3, 0.4) is 0 Å². The average Bonchev–Trinajstić information content (AvgIpc) is 3.28. The summed E-state index contributed by atoms with van der Waals surface area (Å²) in [6.45, 7) is 2.25. The van der Waals surface area contributed by atoms with Crippen molar-refractivity contribution in [3.63, 3.8) is 0 Å². The van der Waals surface area contributed by atoms with Gasteiger partial charge in [0.2, 0.25) is 0 Å². The molecule has 1 aliphatic rings. The van der Waals surface area contributed by atoms with Gasteiger partial charge in [0.15, 0.2) is 0 Å². The van der Waals surface area contributed by atoms with Crippen LogP contribution in [-0.4, -0.2) is 57.3 Å². The minimum absolute atomic E-state index is 0.157. The van der Waals surface area contributed by atoms with Gasteiger partial charge >= 0.3 is 0 Å². The van der Waals surface area contributed by atoms with E-state index >= 15 is 0 Å². The van der Waals surface area contributed by atoms with Gasteiger partial charge in [-0.2, -0.15) is 0 Å². The predicted molar refractivity (Wildman–Crippen MR) is 123 cm³/mol. The van der Waals surface area contributed by atoms with Crippen molar-refractivity contribution in [2.75, 3.05) is 42.3 Å². The summed E-state index contributed by atoms with van der Waals surface area (Å²) in [4.78, 5) is 23.0. The minimum Gasteiger partial charge on any atom is -0.384 e. The summed E-state index contributed by atoms with van der Waals surface area (Å²) in [5.74, 6) is 2.01. The number of halogens is 1. The molecular weight excluding hydrogens is 409 g/mol. The molecule has 1 atom stereocenters. The highest BCUT2D eigenvalue weighted by Gasteiger charge is 2.20. The molecule has 5 N–H and O–H groups in total. The van der Waals surface area contributed by atoms with Crippen molar-refractivity contribution in [1.82, 2.24) is 30.2 Å². The molecule has 0 bridgehead atoms. The summed E-state index contributed by atoms with van der Waals surface area (Å²) >= 11 is 0. The van der Waals surface area contributed by atoms with Gasteiger partial charge in [0.1, 0.15) is 36.1 Å². The number of nitrogens with zero attached hydrogens (tertiary/aromatic N) is 5. The van der Waals surface area contributed by atoms with Gasteiger partial charge in [0, 0.05) is 37.6 Å². The number of aromatic amines is 1. The molecule has 0 aliphatic carbocycles. The SMILES string of the molecule is Nc1cc(-c2c[nH]c3ncnc(NCc4cccc(N5CCNC(CF)C5)n4)c23)ccn1. The Hall–Kier alpha value is -3.79. The van der Waals surface area contributed by atoms with E-state index in [9.17, 15) is 4.39 Å². The molecule has 4 aromatic rings. The van der Waals surface area contributed by atoms with Crippen LogP contribution in [0, 0.1) is 0 Å². The van der Waals surface area contributed by atoms with E-state index in [1.807, 2.05) is 36.5 Å². The zero-order valence-corrected chi connectivity index (χ0v) is 17.4. The number of rotatable bonds is 6. The average molecular weight is 433 g/mol. The Balaban J connectivity index is 1.39. The number of pyridine rings is 2. The van der Waals surface area contributed by atoms with Gasteiger partial charge in [-0.05, 0) is 29.8 Å². The molecule has 4 aromatic heterocycles. The molecule has 1 fully saturated rings. The van der Waals surface area contributed by atoms with E-state index in [0.29, 0.717) is 24.7 Å². The fraction of sp³-hybridized carbons (Fsp3) is 0.273. The summed E-state index contributed by atoms with van der Waals surface area (Å²) in [6, 6.07) is 9.47. The van der Waals surface area contributed by atoms with Gasteiger partial charge in [-0.15, -0.1) is 0 Å². The Labute approximate surface area is 184 Å². The topological polar surface area (TPSA) is 121 Å². The highest BCUT2D eigenvalue weighted by atomic mass is 19.1. The predicted octanol–water partition coefficient (Wildman–Crippen LogP) is 2.36. The number of hydrogen-bond donors (Lipinski definition) is 4. The first-order valence-corrected chi connectivity index (χ1v) is 10.5. The number of hydrogen-bond acceptors (Lipinski definition) is 8. The Morgan fingerprint density at radius 1 is 1.22 bits per heavy atom. The molecule has 0 saturated carbocycles. The van der Waals surface area contributed by atoms with Crippen molar-refractivity contribution in [2.45, 2.75) is 12.6 Å². The van der Waals surface area contributed by atoms with Crippen molar-refractivity contribution >= 4 is 28.5 Å². The summed E-state index contributed by atoms with van der Waals surface area (Å²) in [5, 5.41) is 7.45. The molecule has 5 heterocycles. The molecule has 1 aliphatic heterocycles. The second kappa shape index (κ2) is 8.75. The number of piperazine rings is 1. The fourth-order valence-electron chi connectivity index (χ4n) is 3.99. The number of nitrogen functional groups attached to an aromatic ring is 1. The van der Waals surface area contributed by atoms with E-state index in [1.54, 1.807) is 6.20 Å². The van der Waals surface area contributed by atoms with Gasteiger partial charge < -0.3 is 26.3 Å². The maximum atomic E-state index is 13.1. The smallest absolute Gasteiger partial charge is 0.143 e. The summed E-state index contributed by atoms with van der Waals surface area (Å²) in [6.07, 6.45) is 5.09. The van der Waals surface area contributed by atoms with Crippen LogP contribution in [0.25, 0.3) is 22.2 Å². The van der Waals surface area contributed by atoms with Crippen LogP contribution in [0.2, 0.25) is 0 Å². The van der Waals surface area contributed by atoms with E-state index < -0.39 is 0 Å². The maximum Gasteiger partial charge on any atom is 0.143 e. The lowest BCUT2D eigenvalue weighted by molar-refractivity contribution is 0.352. The molecule has 9 nitrogen and oxygen atoms in total. The van der Waals surface area contributed by atoms with Crippen LogP contribution < -0.4 is 21.3 Å². The van der Waals surface area contributed by atoms with Gasteiger partial charge in [-0.3, -0.25) is 0 Å². The van der Waals surface area contributed by atoms with E-state index in [2.05, 4.69) is 35.5 Å². The van der Waals surface area contributed by atoms with E-state index in [1.165, 1.54) is 6.33 Å². The Bertz CT molecular complexity index is 1220. The van der Waals surface area contributed by atoms with Crippen molar-refractivity contribution in [2.24, 2.45) is 0 Å². The van der Waals surface area contributed by atoms with Crippen LogP contribution in [0.5, 0.6) is 0 Å². The van der Waals surface area contributed by atoms with Gasteiger partial charge in [-0.25, -0.2) is 24.3 Å². The molecule has 1 saturated heterocycles. The van der Waals surface area contributed by atoms with Crippen molar-refractivity contribution in [1.29, 1.82) is 0 Å². The minimum atomic E-state index is -0.385. The molecule has 0 spiro atoms. The standard InChI is InChI=1S/C22H24FN9/c23-9-16-12-32(7-6-25-16)19-3-1-2-15(31-19)10-27-21-20-17(11-28-22(20)30-13-29-21)14-4-5-26-18(24)8-14/h1-5,8,11,13,16,25H,6-7,9-10,12H2,(H2,24,26)(H2,27,28,29,30). The molecule has 32 heavy (non-hydrogen) atoms. The molecule has 0 radical (unpaired) electrons. The third-order valence-electron chi connectivity index (χ3n) is 5.56. The normalized spacial score (nSPS) is 16.4. The quantitative estimate of drug-likeness (QED) is 0.366. The van der Waals surface area contributed by atoms with Gasteiger partial charge in [0.25, 0.3) is 0 Å². The third kappa shape index (κ3) is 4.04. The summed E-state index contributed by atoms with van der Waals surface area (Å²) in [7, 11) is 0. The first-order valence-electron chi connectivity index (χ1n) is 10.5. The number of nitrogens with one attached hydrogen (secondary N) is 3. The van der Waals surface area contributed by atoms with Crippen LogP contribution in [0.15, 0.2) is 49.1 Å². The monoisotopic (exact) mass is 433 g/mol. The number of aromatic nitrogens is 5. The number of fused-ring (bicyclic) bond motifs is 1. The van der Waals surface area contributed by atoms with Crippen LogP contribution in [-0.2, 0) is 6.54 Å². The zero-order valence-electron chi connectivity index (χ0n) is 17.4. The first-order chi connectivity index (χ1) is 15.7. The van der Waals surface area contributed by atoms with Crippen molar-refractivity contribution in [3.05, 3.63) is 54.7 Å². The lowest BCUT2D eigenvalue weighted by Gasteiger charge is -2.33. The van der Waals surface area contributed by atoms with Crippen molar-refractivity contribution < 1.29 is 4.39 Å². The zero-order chi connectivity index (χ0) is 21.9. The maximum absolute atomic E-state index is 13.1. The molecule has 10 heteroatoms. The van der Waals surface area contributed by atoms with Crippen LogP contribution in [0.1, 0.15) is 5.69 Å². The van der Waals surface area contributed by atoms with Crippen molar-refractivity contribution in [3.8, 4) is 11.1 Å². The lowest BCUT2D eigenvalue weighted by Crippen LogP contribution is -2.52. The molecular formula is C22H24FN9. The largest absolute Gasteiger partial charge is 0.384 e. The van der Waals surface area contributed by atoms with Crippen LogP contribution in [0.4, 0.5) is 21.8 Å². The molecule has 5 rings (SSSR count). The number of nitrogens with two attached hydrogens (primary N) is 1. The summed E-state index contributed by atoms with van der Waals surface area (Å²) in [5.41, 5.74) is 9.34. The fourth-order valence-corrected chi connectivity index (χ4v) is 3.99. The molecule has 0 amide bonds. The highest BCUT2D eigenvalue weighted by Crippen LogP contribution is 2.32. The van der Waals surface area contributed by atoms with Gasteiger partial charge in [-0.1, -0.05) is 6.07 Å². The van der Waals surface area contributed by atoms with E-state index in [4.69, 9.17) is 10.7 Å². The second-order valence-corrected chi connectivity index (χ2v) is 7.71. The Kier molecular flexibility index (Phi) is 5.51. The molecule has 1 unspecified atom stereocenters. The van der Waals surface area contributed by atoms with Gasteiger partial charge in [0.05, 0.1) is 23.7 Å². The number of alkyl halides is 1. The number of H-pyrrole nitrogens is 1. The summed E-state index contributed by atoms with van der Waals surface area (Å²) < 4.78 is 13.1. The van der Waals surface area contributed by atoms with E-state index in [0.717, 1.165) is 46.8 Å². The first kappa shape index (κ1) is 20.1. The number of anilines is 3. The van der Waals surface area contributed by atoms with Crippen LogP contribution >= 0.6 is 0 Å². The lowest BCUT2D eigenvalue weighted by atomic mass is 10.1. The highest BCUT2D eigenvalue weighted by molar-refractivity contribution is 6.01. The van der Waals surface area contributed by atoms with E-state index in [-0.39, 0.29) is 12.7 Å². The Morgan fingerprint density at radius 3 is 3.03 bits per heavy atom. The Morgan fingerprint density at radius 2 is 2.16 bits per heavy atom. The second-order valence-electron chi connectivity index (χ2n) is 7.71.